The summed E-state index contributed by atoms with van der Waals surface area (Å²) in [5.74, 6) is -0.222. The molecule has 0 aliphatic heterocycles. The van der Waals surface area contributed by atoms with Gasteiger partial charge in [0, 0.05) is 21.4 Å². The summed E-state index contributed by atoms with van der Waals surface area (Å²) < 4.78 is 0.896. The summed E-state index contributed by atoms with van der Waals surface area (Å²) in [7, 11) is 0. The molecule has 0 aromatic heterocycles. The maximum Gasteiger partial charge on any atom is 0.269 e. The van der Waals surface area contributed by atoms with Gasteiger partial charge in [-0.25, -0.2) is 0 Å². The highest BCUT2D eigenvalue weighted by Crippen LogP contribution is 2.23. The van der Waals surface area contributed by atoms with Crippen LogP contribution >= 0.6 is 22.6 Å². The van der Waals surface area contributed by atoms with Crippen molar-refractivity contribution in [2.75, 3.05) is 5.32 Å². The molecule has 1 N–H and O–H groups in total. The van der Waals surface area contributed by atoms with E-state index in [-0.39, 0.29) is 11.6 Å². The van der Waals surface area contributed by atoms with Crippen LogP contribution in [-0.4, -0.2) is 10.8 Å². The predicted octanol–water partition coefficient (Wildman–Crippen LogP) is 4.07. The number of non-ortho nitro benzene ring substituents is 1. The van der Waals surface area contributed by atoms with E-state index in [9.17, 15) is 14.9 Å². The van der Waals surface area contributed by atoms with Gasteiger partial charge in [-0.2, -0.15) is 0 Å². The first-order chi connectivity index (χ1) is 9.90. The van der Waals surface area contributed by atoms with Gasteiger partial charge < -0.3 is 5.32 Å². The van der Waals surface area contributed by atoms with Crippen molar-refractivity contribution in [2.24, 2.45) is 0 Å². The summed E-state index contributed by atoms with van der Waals surface area (Å²) >= 11 is 2.14. The average Bonchev–Trinajstić information content (AvgIpc) is 2.43. The number of amides is 1. The zero-order valence-corrected chi connectivity index (χ0v) is 13.7. The Morgan fingerprint density at radius 2 is 1.90 bits per heavy atom. The minimum Gasteiger partial charge on any atom is -0.322 e. The summed E-state index contributed by atoms with van der Waals surface area (Å²) in [5.41, 5.74) is 2.86. The molecular formula is C15H13IN2O3. The SMILES string of the molecule is Cc1cc([N+](=O)[O-])ccc1NC(=O)c1cccc(C)c1I. The van der Waals surface area contributed by atoms with E-state index in [1.54, 1.807) is 19.1 Å². The minimum atomic E-state index is -0.456. The van der Waals surface area contributed by atoms with Crippen LogP contribution in [-0.2, 0) is 0 Å². The van der Waals surface area contributed by atoms with Crippen molar-refractivity contribution >= 4 is 39.9 Å². The van der Waals surface area contributed by atoms with Crippen molar-refractivity contribution in [2.45, 2.75) is 13.8 Å². The molecule has 1 amide bonds. The van der Waals surface area contributed by atoms with Crippen molar-refractivity contribution in [1.82, 2.24) is 0 Å². The number of nitro groups is 1. The second-order valence-corrected chi connectivity index (χ2v) is 5.73. The van der Waals surface area contributed by atoms with E-state index >= 15 is 0 Å². The van der Waals surface area contributed by atoms with E-state index in [0.717, 1.165) is 9.13 Å². The molecule has 0 saturated carbocycles. The number of carbonyl (C=O) groups is 1. The zero-order chi connectivity index (χ0) is 15.6. The largest absolute Gasteiger partial charge is 0.322 e. The molecule has 0 unspecified atom stereocenters. The summed E-state index contributed by atoms with van der Waals surface area (Å²) in [5, 5.41) is 13.5. The van der Waals surface area contributed by atoms with Crippen LogP contribution in [0.3, 0.4) is 0 Å². The lowest BCUT2D eigenvalue weighted by Crippen LogP contribution is -2.14. The molecule has 6 heteroatoms. The Kier molecular flexibility index (Phi) is 4.56. The lowest BCUT2D eigenvalue weighted by atomic mass is 10.1. The van der Waals surface area contributed by atoms with Gasteiger partial charge in [0.05, 0.1) is 10.5 Å². The number of nitro benzene ring substituents is 1. The van der Waals surface area contributed by atoms with Gasteiger partial charge in [0.25, 0.3) is 11.6 Å². The summed E-state index contributed by atoms with van der Waals surface area (Å²) in [6.07, 6.45) is 0. The number of benzene rings is 2. The lowest BCUT2D eigenvalue weighted by Gasteiger charge is -2.10. The van der Waals surface area contributed by atoms with Crippen LogP contribution in [0.5, 0.6) is 0 Å². The molecule has 0 bridgehead atoms. The highest BCUT2D eigenvalue weighted by molar-refractivity contribution is 14.1. The van der Waals surface area contributed by atoms with Gasteiger partial charge >= 0.3 is 0 Å². The number of carbonyl (C=O) groups excluding carboxylic acids is 1. The lowest BCUT2D eigenvalue weighted by molar-refractivity contribution is -0.384. The maximum atomic E-state index is 12.3. The fourth-order valence-corrected chi connectivity index (χ4v) is 2.52. The van der Waals surface area contributed by atoms with Gasteiger partial charge in [-0.15, -0.1) is 0 Å². The highest BCUT2D eigenvalue weighted by Gasteiger charge is 2.14. The summed E-state index contributed by atoms with van der Waals surface area (Å²) in [6, 6.07) is 9.89. The van der Waals surface area contributed by atoms with E-state index in [0.29, 0.717) is 16.8 Å². The third kappa shape index (κ3) is 3.38. The number of rotatable bonds is 3. The van der Waals surface area contributed by atoms with Gasteiger partial charge in [0.15, 0.2) is 0 Å². The first-order valence-electron chi connectivity index (χ1n) is 6.21. The molecule has 0 atom stereocenters. The van der Waals surface area contributed by atoms with E-state index in [4.69, 9.17) is 0 Å². The van der Waals surface area contributed by atoms with Gasteiger partial charge in [0.1, 0.15) is 0 Å². The number of hydrogen-bond acceptors (Lipinski definition) is 3. The Labute approximate surface area is 135 Å². The van der Waals surface area contributed by atoms with Crippen LogP contribution in [0.2, 0.25) is 0 Å². The standard InChI is InChI=1S/C15H13IN2O3/c1-9-4-3-5-12(14(9)16)15(19)17-13-7-6-11(18(20)21)8-10(13)2/h3-8H,1-2H3,(H,17,19). The first-order valence-corrected chi connectivity index (χ1v) is 7.29. The topological polar surface area (TPSA) is 72.2 Å². The molecule has 5 nitrogen and oxygen atoms in total. The number of hydrogen-bond donors (Lipinski definition) is 1. The van der Waals surface area contributed by atoms with Crippen LogP contribution in [0.1, 0.15) is 21.5 Å². The van der Waals surface area contributed by atoms with E-state index in [1.165, 1.54) is 12.1 Å². The van der Waals surface area contributed by atoms with Crippen LogP contribution < -0.4 is 5.32 Å². The van der Waals surface area contributed by atoms with Crippen LogP contribution in [0.25, 0.3) is 0 Å². The Balaban J connectivity index is 2.28. The molecule has 0 aliphatic rings. The van der Waals surface area contributed by atoms with Crippen LogP contribution in [0, 0.1) is 27.5 Å². The summed E-state index contributed by atoms with van der Waals surface area (Å²) in [4.78, 5) is 22.6. The third-order valence-electron chi connectivity index (χ3n) is 3.11. The monoisotopic (exact) mass is 396 g/mol. The van der Waals surface area contributed by atoms with Crippen molar-refractivity contribution in [3.05, 3.63) is 66.8 Å². The van der Waals surface area contributed by atoms with E-state index in [2.05, 4.69) is 27.9 Å². The molecule has 21 heavy (non-hydrogen) atoms. The van der Waals surface area contributed by atoms with Gasteiger partial charge in [-0.1, -0.05) is 12.1 Å². The molecule has 0 heterocycles. The number of nitrogens with zero attached hydrogens (tertiary/aromatic N) is 1. The minimum absolute atomic E-state index is 0.00985. The fourth-order valence-electron chi connectivity index (χ4n) is 1.91. The summed E-state index contributed by atoms with van der Waals surface area (Å²) in [6.45, 7) is 3.67. The molecule has 108 valence electrons. The second-order valence-electron chi connectivity index (χ2n) is 4.65. The predicted molar refractivity (Wildman–Crippen MR) is 89.7 cm³/mol. The number of aryl methyl sites for hydroxylation is 2. The smallest absolute Gasteiger partial charge is 0.269 e. The average molecular weight is 396 g/mol. The molecular weight excluding hydrogens is 383 g/mol. The van der Waals surface area contributed by atoms with Crippen LogP contribution in [0.15, 0.2) is 36.4 Å². The highest BCUT2D eigenvalue weighted by atomic mass is 127. The molecule has 0 aliphatic carbocycles. The van der Waals surface area contributed by atoms with Gasteiger partial charge in [-0.3, -0.25) is 14.9 Å². The van der Waals surface area contributed by atoms with Crippen molar-refractivity contribution in [3.8, 4) is 0 Å². The Morgan fingerprint density at radius 1 is 1.19 bits per heavy atom. The fraction of sp³-hybridized carbons (Fsp3) is 0.133. The zero-order valence-electron chi connectivity index (χ0n) is 11.5. The molecule has 0 fully saturated rings. The maximum absolute atomic E-state index is 12.3. The van der Waals surface area contributed by atoms with Gasteiger partial charge in [-0.05, 0) is 59.7 Å². The van der Waals surface area contributed by atoms with Crippen LogP contribution in [0.4, 0.5) is 11.4 Å². The van der Waals surface area contributed by atoms with Gasteiger partial charge in [0.2, 0.25) is 0 Å². The Bertz CT molecular complexity index is 729. The molecule has 2 rings (SSSR count). The molecule has 0 spiro atoms. The molecule has 0 radical (unpaired) electrons. The molecule has 0 saturated heterocycles. The number of anilines is 1. The third-order valence-corrected chi connectivity index (χ3v) is 4.54. The molecule has 2 aromatic carbocycles. The van der Waals surface area contributed by atoms with Crippen molar-refractivity contribution in [3.63, 3.8) is 0 Å². The molecule has 2 aromatic rings. The van der Waals surface area contributed by atoms with E-state index in [1.807, 2.05) is 19.1 Å². The normalized spacial score (nSPS) is 10.2. The van der Waals surface area contributed by atoms with Crippen molar-refractivity contribution in [1.29, 1.82) is 0 Å². The Morgan fingerprint density at radius 3 is 2.52 bits per heavy atom. The number of nitrogens with one attached hydrogen (secondary N) is 1. The first kappa shape index (κ1) is 15.4. The van der Waals surface area contributed by atoms with Crippen molar-refractivity contribution < 1.29 is 9.72 Å². The second kappa shape index (κ2) is 6.21. The van der Waals surface area contributed by atoms with E-state index < -0.39 is 4.92 Å². The Hall–Kier alpha value is -1.96. The number of halogens is 1. The quantitative estimate of drug-likeness (QED) is 0.483.